The maximum absolute atomic E-state index is 13.2. The van der Waals surface area contributed by atoms with Crippen molar-refractivity contribution in [1.29, 1.82) is 0 Å². The highest BCUT2D eigenvalue weighted by Crippen LogP contribution is 2.26. The number of para-hydroxylation sites is 1. The number of aryl methyl sites for hydroxylation is 2. The van der Waals surface area contributed by atoms with Crippen LogP contribution in [-0.2, 0) is 16.4 Å². The number of amides is 1. The van der Waals surface area contributed by atoms with Crippen molar-refractivity contribution in [3.63, 3.8) is 0 Å². The molecule has 0 saturated carbocycles. The quantitative estimate of drug-likeness (QED) is 0.690. The number of nitrogens with zero attached hydrogens (tertiary/aromatic N) is 2. The SMILES string of the molecule is CCc1nc2ccccc2c(C(=O)Nc2ccc(C)c(S(=O)(=O)N(C)C)c2)c1C. The Balaban J connectivity index is 2.08. The van der Waals surface area contributed by atoms with Crippen molar-refractivity contribution in [3.8, 4) is 0 Å². The first-order valence-corrected chi connectivity index (χ1v) is 10.8. The molecule has 6 nitrogen and oxygen atoms in total. The summed E-state index contributed by atoms with van der Waals surface area (Å²) in [6.07, 6.45) is 0.715. The lowest BCUT2D eigenvalue weighted by molar-refractivity contribution is 0.102. The smallest absolute Gasteiger partial charge is 0.256 e. The summed E-state index contributed by atoms with van der Waals surface area (Å²) in [7, 11) is -0.642. The summed E-state index contributed by atoms with van der Waals surface area (Å²) >= 11 is 0. The Morgan fingerprint density at radius 1 is 1.10 bits per heavy atom. The Kier molecular flexibility index (Phi) is 5.73. The van der Waals surface area contributed by atoms with Gasteiger partial charge in [-0.05, 0) is 49.6 Å². The maximum Gasteiger partial charge on any atom is 0.256 e. The van der Waals surface area contributed by atoms with Gasteiger partial charge in [0.05, 0.1) is 16.0 Å². The van der Waals surface area contributed by atoms with Gasteiger partial charge in [-0.25, -0.2) is 12.7 Å². The van der Waals surface area contributed by atoms with Crippen LogP contribution in [0.2, 0.25) is 0 Å². The van der Waals surface area contributed by atoms with Gasteiger partial charge in [0, 0.05) is 30.9 Å². The molecule has 0 radical (unpaired) electrons. The molecule has 0 atom stereocenters. The van der Waals surface area contributed by atoms with Crippen LogP contribution in [0.15, 0.2) is 47.4 Å². The molecule has 2 aromatic carbocycles. The maximum atomic E-state index is 13.2. The molecule has 0 aliphatic carbocycles. The Morgan fingerprint density at radius 3 is 2.45 bits per heavy atom. The van der Waals surface area contributed by atoms with Crippen molar-refractivity contribution in [2.24, 2.45) is 0 Å². The second-order valence-electron chi connectivity index (χ2n) is 7.15. The summed E-state index contributed by atoms with van der Waals surface area (Å²) in [6, 6.07) is 12.4. The van der Waals surface area contributed by atoms with Crippen LogP contribution in [0.5, 0.6) is 0 Å². The lowest BCUT2D eigenvalue weighted by atomic mass is 9.99. The molecule has 7 heteroatoms. The summed E-state index contributed by atoms with van der Waals surface area (Å²) in [5.74, 6) is -0.284. The molecule has 29 heavy (non-hydrogen) atoms. The van der Waals surface area contributed by atoms with E-state index >= 15 is 0 Å². The van der Waals surface area contributed by atoms with Crippen LogP contribution in [0, 0.1) is 13.8 Å². The van der Waals surface area contributed by atoms with Gasteiger partial charge in [-0.2, -0.15) is 0 Å². The minimum atomic E-state index is -3.61. The molecular formula is C22H25N3O3S. The fourth-order valence-corrected chi connectivity index (χ4v) is 4.49. The zero-order chi connectivity index (χ0) is 21.3. The molecule has 1 N–H and O–H groups in total. The first kappa shape index (κ1) is 21.0. The Hall–Kier alpha value is -2.77. The molecule has 3 rings (SSSR count). The largest absolute Gasteiger partial charge is 0.322 e. The summed E-state index contributed by atoms with van der Waals surface area (Å²) < 4.78 is 26.3. The Morgan fingerprint density at radius 2 is 1.79 bits per heavy atom. The second-order valence-corrected chi connectivity index (χ2v) is 9.27. The average molecular weight is 412 g/mol. The normalized spacial score (nSPS) is 11.8. The van der Waals surface area contributed by atoms with E-state index in [9.17, 15) is 13.2 Å². The van der Waals surface area contributed by atoms with E-state index < -0.39 is 10.0 Å². The average Bonchev–Trinajstić information content (AvgIpc) is 2.68. The number of fused-ring (bicyclic) bond motifs is 1. The van der Waals surface area contributed by atoms with Crippen LogP contribution in [0.25, 0.3) is 10.9 Å². The fourth-order valence-electron chi connectivity index (χ4n) is 3.34. The standard InChI is InChI=1S/C22H25N3O3S/c1-6-18-15(3)21(17-9-7-8-10-19(17)24-18)22(26)23-16-12-11-14(2)20(13-16)29(27,28)25(4)5/h7-13H,6H2,1-5H3,(H,23,26). The molecule has 3 aromatic rings. The molecule has 0 spiro atoms. The number of carbonyl (C=O) groups is 1. The van der Waals surface area contributed by atoms with E-state index in [1.54, 1.807) is 19.1 Å². The highest BCUT2D eigenvalue weighted by molar-refractivity contribution is 7.89. The number of rotatable bonds is 5. The molecule has 0 fully saturated rings. The van der Waals surface area contributed by atoms with Gasteiger partial charge in [-0.1, -0.05) is 31.2 Å². The minimum Gasteiger partial charge on any atom is -0.322 e. The van der Waals surface area contributed by atoms with E-state index in [1.165, 1.54) is 20.2 Å². The van der Waals surface area contributed by atoms with Crippen LogP contribution in [-0.4, -0.2) is 37.7 Å². The van der Waals surface area contributed by atoms with Gasteiger partial charge >= 0.3 is 0 Å². The number of nitrogens with one attached hydrogen (secondary N) is 1. The van der Waals surface area contributed by atoms with E-state index in [1.807, 2.05) is 38.1 Å². The molecule has 0 bridgehead atoms. The number of hydrogen-bond acceptors (Lipinski definition) is 4. The van der Waals surface area contributed by atoms with Gasteiger partial charge < -0.3 is 5.32 Å². The van der Waals surface area contributed by atoms with Crippen LogP contribution in [0.4, 0.5) is 5.69 Å². The van der Waals surface area contributed by atoms with Gasteiger partial charge in [-0.15, -0.1) is 0 Å². The molecule has 0 saturated heterocycles. The van der Waals surface area contributed by atoms with E-state index in [-0.39, 0.29) is 10.8 Å². The summed E-state index contributed by atoms with van der Waals surface area (Å²) in [6.45, 7) is 5.63. The van der Waals surface area contributed by atoms with Crippen LogP contribution < -0.4 is 5.32 Å². The zero-order valence-corrected chi connectivity index (χ0v) is 18.1. The van der Waals surface area contributed by atoms with Crippen LogP contribution >= 0.6 is 0 Å². The van der Waals surface area contributed by atoms with Crippen LogP contribution in [0.3, 0.4) is 0 Å². The van der Waals surface area contributed by atoms with E-state index in [0.29, 0.717) is 23.2 Å². The predicted molar refractivity (Wildman–Crippen MR) is 116 cm³/mol. The van der Waals surface area contributed by atoms with Crippen molar-refractivity contribution in [1.82, 2.24) is 9.29 Å². The molecule has 0 aliphatic heterocycles. The van der Waals surface area contributed by atoms with Gasteiger partial charge in [0.1, 0.15) is 0 Å². The third-order valence-electron chi connectivity index (χ3n) is 5.00. The molecule has 1 amide bonds. The van der Waals surface area contributed by atoms with Gasteiger partial charge in [0.25, 0.3) is 5.91 Å². The van der Waals surface area contributed by atoms with Crippen molar-refractivity contribution < 1.29 is 13.2 Å². The zero-order valence-electron chi connectivity index (χ0n) is 17.3. The lowest BCUT2D eigenvalue weighted by Crippen LogP contribution is -2.23. The number of aromatic nitrogens is 1. The third-order valence-corrected chi connectivity index (χ3v) is 6.96. The van der Waals surface area contributed by atoms with E-state index in [0.717, 1.165) is 26.5 Å². The summed E-state index contributed by atoms with van der Waals surface area (Å²) in [5, 5.41) is 3.64. The van der Waals surface area contributed by atoms with Crippen molar-refractivity contribution in [2.75, 3.05) is 19.4 Å². The Bertz CT molecular complexity index is 1200. The number of benzene rings is 2. The first-order chi connectivity index (χ1) is 13.7. The Labute approximate surface area is 171 Å². The number of hydrogen-bond donors (Lipinski definition) is 1. The highest BCUT2D eigenvalue weighted by atomic mass is 32.2. The topological polar surface area (TPSA) is 79.4 Å². The van der Waals surface area contributed by atoms with E-state index in [4.69, 9.17) is 0 Å². The number of pyridine rings is 1. The number of anilines is 1. The minimum absolute atomic E-state index is 0.172. The molecule has 0 unspecified atom stereocenters. The molecule has 1 aromatic heterocycles. The molecule has 152 valence electrons. The van der Waals surface area contributed by atoms with Gasteiger partial charge in [0.2, 0.25) is 10.0 Å². The molecular weight excluding hydrogens is 386 g/mol. The third kappa shape index (κ3) is 3.88. The van der Waals surface area contributed by atoms with Crippen molar-refractivity contribution in [2.45, 2.75) is 32.1 Å². The van der Waals surface area contributed by atoms with E-state index in [2.05, 4.69) is 10.3 Å². The number of carbonyl (C=O) groups excluding carboxylic acids is 1. The molecule has 1 heterocycles. The van der Waals surface area contributed by atoms with Crippen molar-refractivity contribution >= 4 is 32.5 Å². The van der Waals surface area contributed by atoms with Crippen LogP contribution in [0.1, 0.15) is 34.1 Å². The number of sulfonamides is 1. The first-order valence-electron chi connectivity index (χ1n) is 9.39. The van der Waals surface area contributed by atoms with Gasteiger partial charge in [-0.3, -0.25) is 9.78 Å². The predicted octanol–water partition coefficient (Wildman–Crippen LogP) is 3.92. The second kappa shape index (κ2) is 7.93. The highest BCUT2D eigenvalue weighted by Gasteiger charge is 2.22. The lowest BCUT2D eigenvalue weighted by Gasteiger charge is -2.16. The van der Waals surface area contributed by atoms with Gasteiger partial charge in [0.15, 0.2) is 0 Å². The summed E-state index contributed by atoms with van der Waals surface area (Å²) in [4.78, 5) is 18.0. The van der Waals surface area contributed by atoms with Crippen molar-refractivity contribution in [3.05, 3.63) is 64.8 Å². The fraction of sp³-hybridized carbons (Fsp3) is 0.273. The molecule has 0 aliphatic rings. The monoisotopic (exact) mass is 411 g/mol. The summed E-state index contributed by atoms with van der Waals surface area (Å²) in [5.41, 5.74) is 4.07.